The quantitative estimate of drug-likeness (QED) is 0.528. The summed E-state index contributed by atoms with van der Waals surface area (Å²) < 4.78 is 5.90. The second kappa shape index (κ2) is 8.31. The molecule has 0 saturated carbocycles. The van der Waals surface area contributed by atoms with Crippen LogP contribution in [-0.4, -0.2) is 26.0 Å². The van der Waals surface area contributed by atoms with Gasteiger partial charge in [0.25, 0.3) is 0 Å². The fraction of sp³-hybridized carbons (Fsp3) is 0.0435. The number of hydrogen-bond acceptors (Lipinski definition) is 5. The summed E-state index contributed by atoms with van der Waals surface area (Å²) in [6.45, 7) is 0.265. The third-order valence-corrected chi connectivity index (χ3v) is 4.30. The van der Waals surface area contributed by atoms with Gasteiger partial charge in [-0.1, -0.05) is 42.5 Å². The molecular weight excluding hydrogens is 366 g/mol. The van der Waals surface area contributed by atoms with Crippen molar-refractivity contribution in [3.63, 3.8) is 0 Å². The van der Waals surface area contributed by atoms with E-state index < -0.39 is 5.97 Å². The summed E-state index contributed by atoms with van der Waals surface area (Å²) in [6, 6.07) is 21.9. The minimum Gasteiger partial charge on any atom is -0.478 e. The van der Waals surface area contributed by atoms with Crippen molar-refractivity contribution in [1.82, 2.24) is 15.0 Å². The molecule has 1 N–H and O–H groups in total. The molecule has 0 aliphatic rings. The molecule has 2 aromatic heterocycles. The molecule has 0 aliphatic carbocycles. The van der Waals surface area contributed by atoms with Crippen molar-refractivity contribution in [1.29, 1.82) is 0 Å². The molecule has 2 heterocycles. The van der Waals surface area contributed by atoms with Gasteiger partial charge in [-0.25, -0.2) is 9.78 Å². The van der Waals surface area contributed by atoms with E-state index in [1.165, 1.54) is 0 Å². The molecule has 0 radical (unpaired) electrons. The van der Waals surface area contributed by atoms with Crippen LogP contribution in [0.4, 0.5) is 0 Å². The molecule has 2 aromatic carbocycles. The zero-order valence-corrected chi connectivity index (χ0v) is 15.4. The first-order chi connectivity index (χ1) is 14.2. The number of hydrogen-bond donors (Lipinski definition) is 1. The molecule has 0 atom stereocenters. The Bertz CT molecular complexity index is 1060. The average Bonchev–Trinajstić information content (AvgIpc) is 2.79. The van der Waals surface area contributed by atoms with Crippen LogP contribution in [0, 0.1) is 0 Å². The number of nitrogens with zero attached hydrogens (tertiary/aromatic N) is 3. The Kier molecular flexibility index (Phi) is 5.25. The Balaban J connectivity index is 1.64. The molecule has 0 spiro atoms. The van der Waals surface area contributed by atoms with Gasteiger partial charge >= 0.3 is 5.97 Å². The Morgan fingerprint density at radius 2 is 1.59 bits per heavy atom. The van der Waals surface area contributed by atoms with E-state index in [9.17, 15) is 4.79 Å². The van der Waals surface area contributed by atoms with Crippen LogP contribution < -0.4 is 4.74 Å². The lowest BCUT2D eigenvalue weighted by Crippen LogP contribution is -2.02. The standard InChI is InChI=1S/C23H17N3O3/c27-23(28)19-8-6-16(7-9-19)15-29-21-14-20(17-4-2-1-3-5-17)25-22(26-21)18-10-12-24-13-11-18/h1-14H,15H2,(H,27,28). The largest absolute Gasteiger partial charge is 0.478 e. The van der Waals surface area contributed by atoms with E-state index in [2.05, 4.69) is 15.0 Å². The molecular formula is C23H17N3O3. The number of carboxylic acids is 1. The van der Waals surface area contributed by atoms with Gasteiger partial charge in [0.2, 0.25) is 5.88 Å². The van der Waals surface area contributed by atoms with E-state index in [1.807, 2.05) is 42.5 Å². The van der Waals surface area contributed by atoms with Crippen LogP contribution in [0.1, 0.15) is 15.9 Å². The highest BCUT2D eigenvalue weighted by atomic mass is 16.5. The SMILES string of the molecule is O=C(O)c1ccc(COc2cc(-c3ccccc3)nc(-c3ccncc3)n2)cc1. The van der Waals surface area contributed by atoms with E-state index in [-0.39, 0.29) is 12.2 Å². The Hall–Kier alpha value is -4.06. The smallest absolute Gasteiger partial charge is 0.335 e. The minimum absolute atomic E-state index is 0.238. The first-order valence-electron chi connectivity index (χ1n) is 8.99. The summed E-state index contributed by atoms with van der Waals surface area (Å²) in [5, 5.41) is 9.01. The lowest BCUT2D eigenvalue weighted by Gasteiger charge is -2.10. The molecule has 4 aromatic rings. The summed E-state index contributed by atoms with van der Waals surface area (Å²) in [7, 11) is 0. The lowest BCUT2D eigenvalue weighted by molar-refractivity contribution is 0.0697. The summed E-state index contributed by atoms with van der Waals surface area (Å²) in [5.41, 5.74) is 3.64. The Morgan fingerprint density at radius 3 is 2.28 bits per heavy atom. The number of pyridine rings is 1. The molecule has 0 bridgehead atoms. The van der Waals surface area contributed by atoms with Crippen LogP contribution in [0.25, 0.3) is 22.6 Å². The highest BCUT2D eigenvalue weighted by Crippen LogP contribution is 2.25. The number of benzene rings is 2. The maximum absolute atomic E-state index is 11.0. The van der Waals surface area contributed by atoms with Gasteiger partial charge in [-0.3, -0.25) is 4.98 Å². The fourth-order valence-corrected chi connectivity index (χ4v) is 2.79. The van der Waals surface area contributed by atoms with Crippen molar-refractivity contribution in [3.05, 3.63) is 96.3 Å². The molecule has 0 amide bonds. The fourth-order valence-electron chi connectivity index (χ4n) is 2.79. The Labute approximate surface area is 167 Å². The first kappa shape index (κ1) is 18.3. The maximum atomic E-state index is 11.0. The highest BCUT2D eigenvalue weighted by Gasteiger charge is 2.10. The van der Waals surface area contributed by atoms with E-state index >= 15 is 0 Å². The third-order valence-electron chi connectivity index (χ3n) is 4.30. The van der Waals surface area contributed by atoms with Crippen LogP contribution >= 0.6 is 0 Å². The van der Waals surface area contributed by atoms with Gasteiger partial charge in [-0.15, -0.1) is 0 Å². The molecule has 0 fully saturated rings. The van der Waals surface area contributed by atoms with E-state index in [1.54, 1.807) is 42.7 Å². The average molecular weight is 383 g/mol. The zero-order valence-electron chi connectivity index (χ0n) is 15.4. The molecule has 4 rings (SSSR count). The molecule has 6 heteroatoms. The monoisotopic (exact) mass is 383 g/mol. The highest BCUT2D eigenvalue weighted by molar-refractivity contribution is 5.87. The third kappa shape index (κ3) is 4.44. The molecule has 142 valence electrons. The van der Waals surface area contributed by atoms with Crippen LogP contribution in [0.3, 0.4) is 0 Å². The van der Waals surface area contributed by atoms with E-state index in [0.717, 1.165) is 22.4 Å². The molecule has 0 saturated heterocycles. The van der Waals surface area contributed by atoms with Crippen molar-refractivity contribution in [3.8, 4) is 28.5 Å². The zero-order chi connectivity index (χ0) is 20.1. The van der Waals surface area contributed by atoms with Crippen molar-refractivity contribution in [2.75, 3.05) is 0 Å². The van der Waals surface area contributed by atoms with Gasteiger partial charge in [-0.05, 0) is 29.8 Å². The van der Waals surface area contributed by atoms with Gasteiger partial charge in [0.15, 0.2) is 5.82 Å². The van der Waals surface area contributed by atoms with Crippen LogP contribution in [-0.2, 0) is 6.61 Å². The predicted molar refractivity (Wildman–Crippen MR) is 108 cm³/mol. The predicted octanol–water partition coefficient (Wildman–Crippen LogP) is 4.48. The van der Waals surface area contributed by atoms with Crippen LogP contribution in [0.2, 0.25) is 0 Å². The summed E-state index contributed by atoms with van der Waals surface area (Å²) in [4.78, 5) is 24.2. The van der Waals surface area contributed by atoms with Gasteiger partial charge in [-0.2, -0.15) is 4.98 Å². The lowest BCUT2D eigenvalue weighted by atomic mass is 10.1. The van der Waals surface area contributed by atoms with Crippen molar-refractivity contribution in [2.24, 2.45) is 0 Å². The van der Waals surface area contributed by atoms with Gasteiger partial charge in [0, 0.05) is 29.6 Å². The van der Waals surface area contributed by atoms with E-state index in [0.29, 0.717) is 11.7 Å². The number of rotatable bonds is 6. The van der Waals surface area contributed by atoms with E-state index in [4.69, 9.17) is 9.84 Å². The minimum atomic E-state index is -0.956. The number of ether oxygens (including phenoxy) is 1. The molecule has 6 nitrogen and oxygen atoms in total. The molecule has 0 unspecified atom stereocenters. The topological polar surface area (TPSA) is 85.2 Å². The number of aromatic nitrogens is 3. The maximum Gasteiger partial charge on any atom is 0.335 e. The number of aromatic carboxylic acids is 1. The second-order valence-corrected chi connectivity index (χ2v) is 6.31. The number of carboxylic acid groups (broad SMARTS) is 1. The van der Waals surface area contributed by atoms with Crippen molar-refractivity contribution in [2.45, 2.75) is 6.61 Å². The second-order valence-electron chi connectivity index (χ2n) is 6.31. The summed E-state index contributed by atoms with van der Waals surface area (Å²) in [5.74, 6) is 0.0284. The summed E-state index contributed by atoms with van der Waals surface area (Å²) >= 11 is 0. The van der Waals surface area contributed by atoms with Crippen molar-refractivity contribution < 1.29 is 14.6 Å². The molecule has 0 aliphatic heterocycles. The number of carbonyl (C=O) groups is 1. The first-order valence-corrected chi connectivity index (χ1v) is 8.99. The van der Waals surface area contributed by atoms with Gasteiger partial charge < -0.3 is 9.84 Å². The van der Waals surface area contributed by atoms with Gasteiger partial charge in [0.05, 0.1) is 11.3 Å². The van der Waals surface area contributed by atoms with Crippen LogP contribution in [0.5, 0.6) is 5.88 Å². The summed E-state index contributed by atoms with van der Waals surface area (Å²) in [6.07, 6.45) is 3.39. The Morgan fingerprint density at radius 1 is 0.862 bits per heavy atom. The molecule has 29 heavy (non-hydrogen) atoms. The van der Waals surface area contributed by atoms with Crippen LogP contribution in [0.15, 0.2) is 85.2 Å². The van der Waals surface area contributed by atoms with Gasteiger partial charge in [0.1, 0.15) is 6.61 Å². The van der Waals surface area contributed by atoms with Crippen molar-refractivity contribution >= 4 is 5.97 Å². The normalized spacial score (nSPS) is 10.5.